The molecule has 2 heterocycles. The van der Waals surface area contributed by atoms with E-state index in [1.54, 1.807) is 0 Å². The summed E-state index contributed by atoms with van der Waals surface area (Å²) in [5.41, 5.74) is 0. The molecule has 1 unspecified atom stereocenters. The van der Waals surface area contributed by atoms with Gasteiger partial charge in [0.15, 0.2) is 0 Å². The Bertz CT molecular complexity index is 387. The number of nitrogens with one attached hydrogen (secondary N) is 1. The summed E-state index contributed by atoms with van der Waals surface area (Å²) in [6.07, 6.45) is 5.54. The van der Waals surface area contributed by atoms with Crippen LogP contribution in [0.4, 0.5) is 11.8 Å². The van der Waals surface area contributed by atoms with E-state index in [2.05, 4.69) is 27.1 Å². The van der Waals surface area contributed by atoms with Crippen molar-refractivity contribution < 1.29 is 0 Å². The van der Waals surface area contributed by atoms with Crippen LogP contribution in [-0.4, -0.2) is 49.7 Å². The average molecular weight is 263 g/mol. The summed E-state index contributed by atoms with van der Waals surface area (Å²) in [5.74, 6) is 1.81. The third-order valence-corrected chi connectivity index (χ3v) is 3.45. The summed E-state index contributed by atoms with van der Waals surface area (Å²) in [6.45, 7) is 5.44. The summed E-state index contributed by atoms with van der Waals surface area (Å²) in [4.78, 5) is 13.3. The Labute approximate surface area is 116 Å². The van der Waals surface area contributed by atoms with Crippen molar-refractivity contribution in [3.8, 4) is 0 Å². The first-order valence-electron chi connectivity index (χ1n) is 7.19. The minimum Gasteiger partial charge on any atom is -0.355 e. The van der Waals surface area contributed by atoms with E-state index in [0.29, 0.717) is 6.04 Å². The lowest BCUT2D eigenvalue weighted by molar-refractivity contribution is 0.575. The molecule has 1 fully saturated rings. The smallest absolute Gasteiger partial charge is 0.226 e. The Morgan fingerprint density at radius 3 is 2.89 bits per heavy atom. The third-order valence-electron chi connectivity index (χ3n) is 3.45. The van der Waals surface area contributed by atoms with Crippen molar-refractivity contribution in [2.45, 2.75) is 32.2 Å². The van der Waals surface area contributed by atoms with E-state index in [0.717, 1.165) is 37.8 Å². The van der Waals surface area contributed by atoms with Crippen molar-refractivity contribution in [2.24, 2.45) is 0 Å². The van der Waals surface area contributed by atoms with Crippen molar-refractivity contribution in [1.82, 2.24) is 15.3 Å². The first-order chi connectivity index (χ1) is 9.20. The molecule has 0 saturated carbocycles. The van der Waals surface area contributed by atoms with Crippen LogP contribution in [0.3, 0.4) is 0 Å². The first-order valence-corrected chi connectivity index (χ1v) is 7.19. The summed E-state index contributed by atoms with van der Waals surface area (Å²) >= 11 is 0. The molecule has 1 saturated heterocycles. The normalized spacial score (nSPS) is 18.6. The maximum absolute atomic E-state index is 4.65. The van der Waals surface area contributed by atoms with Gasteiger partial charge >= 0.3 is 0 Å². The fraction of sp³-hybridized carbons (Fsp3) is 0.714. The van der Waals surface area contributed by atoms with E-state index in [-0.39, 0.29) is 0 Å². The molecule has 1 aromatic heterocycles. The molecular weight excluding hydrogens is 238 g/mol. The maximum atomic E-state index is 4.65. The largest absolute Gasteiger partial charge is 0.355 e. The number of nitrogens with zero attached hydrogens (tertiary/aromatic N) is 4. The van der Waals surface area contributed by atoms with E-state index in [1.807, 2.05) is 31.3 Å². The topological polar surface area (TPSA) is 44.3 Å². The molecule has 1 aliphatic rings. The monoisotopic (exact) mass is 263 g/mol. The van der Waals surface area contributed by atoms with Crippen molar-refractivity contribution in [3.63, 3.8) is 0 Å². The van der Waals surface area contributed by atoms with Gasteiger partial charge in [0.25, 0.3) is 0 Å². The number of rotatable bonds is 6. The molecule has 0 spiro atoms. The SMILES string of the molecule is CCCN(CC1CCCN1)c1ccnc(N(C)C)n1. The Hall–Kier alpha value is -1.36. The van der Waals surface area contributed by atoms with E-state index in [9.17, 15) is 0 Å². The molecule has 5 heteroatoms. The van der Waals surface area contributed by atoms with Crippen LogP contribution in [0.15, 0.2) is 12.3 Å². The molecule has 1 aromatic rings. The van der Waals surface area contributed by atoms with Crippen LogP contribution >= 0.6 is 0 Å². The average Bonchev–Trinajstić information content (AvgIpc) is 2.91. The van der Waals surface area contributed by atoms with Crippen LogP contribution in [0.5, 0.6) is 0 Å². The van der Waals surface area contributed by atoms with Gasteiger partial charge in [0.05, 0.1) is 0 Å². The van der Waals surface area contributed by atoms with Crippen molar-refractivity contribution in [3.05, 3.63) is 12.3 Å². The summed E-state index contributed by atoms with van der Waals surface area (Å²) in [5, 5.41) is 3.56. The first kappa shape index (κ1) is 14.1. The van der Waals surface area contributed by atoms with Crippen molar-refractivity contribution in [1.29, 1.82) is 0 Å². The van der Waals surface area contributed by atoms with Gasteiger partial charge in [-0.15, -0.1) is 0 Å². The second kappa shape index (κ2) is 6.70. The van der Waals surface area contributed by atoms with Crippen LogP contribution in [0.25, 0.3) is 0 Å². The van der Waals surface area contributed by atoms with Crippen LogP contribution in [0.1, 0.15) is 26.2 Å². The Morgan fingerprint density at radius 2 is 2.26 bits per heavy atom. The quantitative estimate of drug-likeness (QED) is 0.843. The zero-order valence-electron chi connectivity index (χ0n) is 12.3. The highest BCUT2D eigenvalue weighted by molar-refractivity contribution is 5.43. The highest BCUT2D eigenvalue weighted by Gasteiger charge is 2.18. The molecule has 0 aromatic carbocycles. The van der Waals surface area contributed by atoms with Gasteiger partial charge in [-0.3, -0.25) is 0 Å². The predicted octanol–water partition coefficient (Wildman–Crippen LogP) is 1.51. The van der Waals surface area contributed by atoms with Crippen LogP contribution < -0.4 is 15.1 Å². The lowest BCUT2D eigenvalue weighted by Gasteiger charge is -2.27. The van der Waals surface area contributed by atoms with Gasteiger partial charge < -0.3 is 15.1 Å². The Balaban J connectivity index is 2.10. The van der Waals surface area contributed by atoms with Gasteiger partial charge in [-0.25, -0.2) is 4.98 Å². The zero-order valence-corrected chi connectivity index (χ0v) is 12.3. The van der Waals surface area contributed by atoms with Crippen molar-refractivity contribution in [2.75, 3.05) is 43.5 Å². The molecule has 0 amide bonds. The number of aromatic nitrogens is 2. The molecule has 1 atom stereocenters. The molecule has 0 bridgehead atoms. The van der Waals surface area contributed by atoms with E-state index in [1.165, 1.54) is 12.8 Å². The molecule has 19 heavy (non-hydrogen) atoms. The van der Waals surface area contributed by atoms with Crippen molar-refractivity contribution >= 4 is 11.8 Å². The van der Waals surface area contributed by atoms with Gasteiger partial charge in [-0.1, -0.05) is 6.92 Å². The van der Waals surface area contributed by atoms with Crippen LogP contribution in [0.2, 0.25) is 0 Å². The lowest BCUT2D eigenvalue weighted by Crippen LogP contribution is -2.38. The van der Waals surface area contributed by atoms with Gasteiger partial charge in [-0.05, 0) is 31.9 Å². The highest BCUT2D eigenvalue weighted by atomic mass is 15.3. The van der Waals surface area contributed by atoms with E-state index < -0.39 is 0 Å². The molecular formula is C14H25N5. The molecule has 0 aliphatic carbocycles. The Kier molecular flexibility index (Phi) is 4.96. The fourth-order valence-electron chi connectivity index (χ4n) is 2.48. The molecule has 2 rings (SSSR count). The summed E-state index contributed by atoms with van der Waals surface area (Å²) in [7, 11) is 3.95. The van der Waals surface area contributed by atoms with E-state index in [4.69, 9.17) is 0 Å². The highest BCUT2D eigenvalue weighted by Crippen LogP contribution is 2.16. The number of hydrogen-bond donors (Lipinski definition) is 1. The van der Waals surface area contributed by atoms with Gasteiger partial charge in [0, 0.05) is 39.4 Å². The lowest BCUT2D eigenvalue weighted by atomic mass is 10.2. The minimum absolute atomic E-state index is 0.601. The minimum atomic E-state index is 0.601. The number of hydrogen-bond acceptors (Lipinski definition) is 5. The van der Waals surface area contributed by atoms with Gasteiger partial charge in [0.1, 0.15) is 5.82 Å². The fourth-order valence-corrected chi connectivity index (χ4v) is 2.48. The van der Waals surface area contributed by atoms with Gasteiger partial charge in [-0.2, -0.15) is 4.98 Å². The molecule has 0 radical (unpaired) electrons. The second-order valence-corrected chi connectivity index (χ2v) is 5.35. The van der Waals surface area contributed by atoms with Gasteiger partial charge in [0.2, 0.25) is 5.95 Å². The van der Waals surface area contributed by atoms with Crippen LogP contribution in [0, 0.1) is 0 Å². The maximum Gasteiger partial charge on any atom is 0.226 e. The Morgan fingerprint density at radius 1 is 1.42 bits per heavy atom. The van der Waals surface area contributed by atoms with Crippen LogP contribution in [-0.2, 0) is 0 Å². The molecule has 5 nitrogen and oxygen atoms in total. The van der Waals surface area contributed by atoms with E-state index >= 15 is 0 Å². The third kappa shape index (κ3) is 3.80. The number of anilines is 2. The summed E-state index contributed by atoms with van der Waals surface area (Å²) in [6, 6.07) is 2.61. The predicted molar refractivity (Wildman–Crippen MR) is 79.9 cm³/mol. The standard InChI is InChI=1S/C14H25N5/c1-4-10-19(11-12-6-5-8-15-12)13-7-9-16-14(17-13)18(2)3/h7,9,12,15H,4-6,8,10-11H2,1-3H3. The summed E-state index contributed by atoms with van der Waals surface area (Å²) < 4.78 is 0. The molecule has 106 valence electrons. The molecule has 1 aliphatic heterocycles. The second-order valence-electron chi connectivity index (χ2n) is 5.35. The zero-order chi connectivity index (χ0) is 13.7. The molecule has 1 N–H and O–H groups in total.